The molecular weight excluding hydrogens is 272 g/mol. The summed E-state index contributed by atoms with van der Waals surface area (Å²) in [6.45, 7) is 0.0929. The number of nitrogens with one attached hydrogen (secondary N) is 2. The molecule has 2 aromatic rings. The van der Waals surface area contributed by atoms with E-state index in [1.165, 1.54) is 7.11 Å². The molecule has 0 saturated carbocycles. The van der Waals surface area contributed by atoms with Crippen molar-refractivity contribution < 1.29 is 19.1 Å². The number of hydrogen-bond acceptors (Lipinski definition) is 4. The van der Waals surface area contributed by atoms with Crippen molar-refractivity contribution in [3.05, 3.63) is 53.9 Å². The molecule has 0 saturated heterocycles. The van der Waals surface area contributed by atoms with E-state index in [4.69, 9.17) is 9.47 Å². The van der Waals surface area contributed by atoms with Crippen LogP contribution in [0.3, 0.4) is 0 Å². The molecule has 0 bridgehead atoms. The lowest BCUT2D eigenvalue weighted by molar-refractivity contribution is 0.0511. The van der Waals surface area contributed by atoms with E-state index in [0.29, 0.717) is 17.0 Å². The van der Waals surface area contributed by atoms with Crippen molar-refractivity contribution in [3.8, 4) is 5.75 Å². The minimum absolute atomic E-state index is 0.0594. The third-order valence-electron chi connectivity index (χ3n) is 2.77. The van der Waals surface area contributed by atoms with Gasteiger partial charge in [-0.2, -0.15) is 0 Å². The van der Waals surface area contributed by atoms with E-state index in [9.17, 15) is 9.59 Å². The van der Waals surface area contributed by atoms with E-state index < -0.39 is 0 Å². The molecule has 1 heterocycles. The van der Waals surface area contributed by atoms with Crippen molar-refractivity contribution in [1.82, 2.24) is 10.3 Å². The molecule has 0 spiro atoms. The summed E-state index contributed by atoms with van der Waals surface area (Å²) < 4.78 is 10.0. The Hall–Kier alpha value is -2.60. The van der Waals surface area contributed by atoms with Gasteiger partial charge in [0.1, 0.15) is 11.4 Å². The Morgan fingerprint density at radius 1 is 1.19 bits per heavy atom. The molecule has 0 fully saturated rings. The minimum Gasteiger partial charge on any atom is -0.468 e. The average molecular weight is 288 g/mol. The fourth-order valence-corrected chi connectivity index (χ4v) is 1.69. The monoisotopic (exact) mass is 288 g/mol. The highest BCUT2D eigenvalue weighted by atomic mass is 16.7. The first-order valence-electron chi connectivity index (χ1n) is 6.37. The van der Waals surface area contributed by atoms with Crippen LogP contribution in [0.2, 0.25) is 0 Å². The van der Waals surface area contributed by atoms with Crippen molar-refractivity contribution in [1.29, 1.82) is 0 Å². The molecule has 21 heavy (non-hydrogen) atoms. The Labute approximate surface area is 122 Å². The predicted octanol–water partition coefficient (Wildman–Crippen LogP) is 1.61. The largest absolute Gasteiger partial charge is 0.468 e. The number of aromatic nitrogens is 1. The summed E-state index contributed by atoms with van der Waals surface area (Å²) in [5.41, 5.74) is 0.928. The topological polar surface area (TPSA) is 80.4 Å². The van der Waals surface area contributed by atoms with Gasteiger partial charge in [-0.3, -0.25) is 9.59 Å². The zero-order chi connectivity index (χ0) is 15.1. The fourth-order valence-electron chi connectivity index (χ4n) is 1.69. The van der Waals surface area contributed by atoms with Crippen molar-refractivity contribution in [2.45, 2.75) is 0 Å². The van der Waals surface area contributed by atoms with Crippen LogP contribution in [0.15, 0.2) is 42.6 Å². The molecule has 2 rings (SSSR count). The van der Waals surface area contributed by atoms with Crippen molar-refractivity contribution in [2.24, 2.45) is 0 Å². The van der Waals surface area contributed by atoms with Gasteiger partial charge in [0.05, 0.1) is 6.54 Å². The summed E-state index contributed by atoms with van der Waals surface area (Å²) in [6, 6.07) is 10.0. The SMILES string of the molecule is COCOc1ccc(C(=O)CNC(=O)c2ccc[nH]2)cc1. The van der Waals surface area contributed by atoms with E-state index in [0.717, 1.165) is 0 Å². The zero-order valence-corrected chi connectivity index (χ0v) is 11.6. The van der Waals surface area contributed by atoms with Crippen LogP contribution in [0.5, 0.6) is 5.75 Å². The summed E-state index contributed by atoms with van der Waals surface area (Å²) in [5, 5.41) is 2.56. The van der Waals surface area contributed by atoms with Crippen molar-refractivity contribution >= 4 is 11.7 Å². The lowest BCUT2D eigenvalue weighted by atomic mass is 10.1. The smallest absolute Gasteiger partial charge is 0.268 e. The van der Waals surface area contributed by atoms with Gasteiger partial charge in [0.25, 0.3) is 5.91 Å². The number of amides is 1. The number of aromatic amines is 1. The minimum atomic E-state index is -0.312. The summed E-state index contributed by atoms with van der Waals surface area (Å²) in [5.74, 6) is 0.130. The van der Waals surface area contributed by atoms with Crippen LogP contribution in [0.1, 0.15) is 20.8 Å². The lowest BCUT2D eigenvalue weighted by Crippen LogP contribution is -2.29. The summed E-state index contributed by atoms with van der Waals surface area (Å²) in [6.07, 6.45) is 1.65. The lowest BCUT2D eigenvalue weighted by Gasteiger charge is -2.06. The molecule has 0 radical (unpaired) electrons. The van der Waals surface area contributed by atoms with Crippen LogP contribution in [0.25, 0.3) is 0 Å². The molecular formula is C15H16N2O4. The fraction of sp³-hybridized carbons (Fsp3) is 0.200. The number of ether oxygens (including phenoxy) is 2. The highest BCUT2D eigenvalue weighted by Gasteiger charge is 2.10. The maximum absolute atomic E-state index is 12.0. The predicted molar refractivity (Wildman–Crippen MR) is 76.4 cm³/mol. The second-order valence-corrected chi connectivity index (χ2v) is 4.26. The molecule has 0 aliphatic rings. The Morgan fingerprint density at radius 3 is 2.57 bits per heavy atom. The second kappa shape index (κ2) is 7.25. The van der Waals surface area contributed by atoms with Crippen LogP contribution < -0.4 is 10.1 Å². The number of methoxy groups -OCH3 is 1. The number of ketones is 1. The highest BCUT2D eigenvalue weighted by molar-refractivity contribution is 6.01. The molecule has 1 amide bonds. The summed E-state index contributed by atoms with van der Waals surface area (Å²) >= 11 is 0. The number of Topliss-reactive ketones (excluding diaryl/α,β-unsaturated/α-hetero) is 1. The number of benzene rings is 1. The van der Waals surface area contributed by atoms with Crippen LogP contribution in [-0.2, 0) is 4.74 Å². The second-order valence-electron chi connectivity index (χ2n) is 4.26. The number of carbonyl (C=O) groups is 2. The quantitative estimate of drug-likeness (QED) is 0.599. The van der Waals surface area contributed by atoms with Gasteiger partial charge in [0, 0.05) is 18.9 Å². The van der Waals surface area contributed by atoms with E-state index in [-0.39, 0.29) is 25.0 Å². The van der Waals surface area contributed by atoms with Gasteiger partial charge in [-0.05, 0) is 36.4 Å². The van der Waals surface area contributed by atoms with Crippen LogP contribution >= 0.6 is 0 Å². The van der Waals surface area contributed by atoms with Crippen LogP contribution in [0, 0.1) is 0 Å². The average Bonchev–Trinajstić information content (AvgIpc) is 3.05. The number of hydrogen-bond donors (Lipinski definition) is 2. The van der Waals surface area contributed by atoms with Gasteiger partial charge < -0.3 is 19.8 Å². The van der Waals surface area contributed by atoms with Crippen LogP contribution in [0.4, 0.5) is 0 Å². The molecule has 6 nitrogen and oxygen atoms in total. The maximum Gasteiger partial charge on any atom is 0.268 e. The highest BCUT2D eigenvalue weighted by Crippen LogP contribution is 2.12. The first-order valence-corrected chi connectivity index (χ1v) is 6.37. The number of H-pyrrole nitrogens is 1. The first kappa shape index (κ1) is 14.8. The van der Waals surface area contributed by atoms with Gasteiger partial charge in [-0.25, -0.2) is 0 Å². The molecule has 0 unspecified atom stereocenters. The number of carbonyl (C=O) groups excluding carboxylic acids is 2. The third kappa shape index (κ3) is 4.19. The van der Waals surface area contributed by atoms with Gasteiger partial charge in [0.2, 0.25) is 0 Å². The standard InChI is InChI=1S/C15H16N2O4/c1-20-10-21-12-6-4-11(5-7-12)14(18)9-17-15(19)13-3-2-8-16-13/h2-8,16H,9-10H2,1H3,(H,17,19). The Balaban J connectivity index is 1.87. The molecule has 2 N–H and O–H groups in total. The molecule has 1 aromatic carbocycles. The Morgan fingerprint density at radius 2 is 1.95 bits per heavy atom. The molecule has 0 aliphatic heterocycles. The van der Waals surface area contributed by atoms with Gasteiger partial charge in [-0.1, -0.05) is 0 Å². The van der Waals surface area contributed by atoms with Gasteiger partial charge >= 0.3 is 0 Å². The normalized spacial score (nSPS) is 10.1. The zero-order valence-electron chi connectivity index (χ0n) is 11.6. The van der Waals surface area contributed by atoms with E-state index >= 15 is 0 Å². The van der Waals surface area contributed by atoms with E-state index in [1.807, 2.05) is 0 Å². The Bertz CT molecular complexity index is 591. The van der Waals surface area contributed by atoms with Crippen molar-refractivity contribution in [3.63, 3.8) is 0 Å². The molecule has 1 aromatic heterocycles. The van der Waals surface area contributed by atoms with E-state index in [2.05, 4.69) is 10.3 Å². The van der Waals surface area contributed by atoms with Gasteiger partial charge in [-0.15, -0.1) is 0 Å². The molecule has 0 atom stereocenters. The Kier molecular flexibility index (Phi) is 5.11. The van der Waals surface area contributed by atoms with E-state index in [1.54, 1.807) is 42.6 Å². The first-order chi connectivity index (χ1) is 10.2. The van der Waals surface area contributed by atoms with Gasteiger partial charge in [0.15, 0.2) is 12.6 Å². The van der Waals surface area contributed by atoms with Crippen molar-refractivity contribution in [2.75, 3.05) is 20.4 Å². The summed E-state index contributed by atoms with van der Waals surface area (Å²) in [4.78, 5) is 26.4. The van der Waals surface area contributed by atoms with Crippen LogP contribution in [-0.4, -0.2) is 37.1 Å². The third-order valence-corrected chi connectivity index (χ3v) is 2.77. The molecule has 6 heteroatoms. The summed E-state index contributed by atoms with van der Waals surface area (Å²) in [7, 11) is 1.53. The molecule has 110 valence electrons. The number of rotatable bonds is 7. The molecule has 0 aliphatic carbocycles. The maximum atomic E-state index is 12.0.